The van der Waals surface area contributed by atoms with Crippen molar-refractivity contribution in [1.82, 2.24) is 10.2 Å². The molecule has 1 aliphatic rings. The molecule has 1 fully saturated rings. The molecule has 1 N–H and O–H groups in total. The number of imide groups is 1. The van der Waals surface area contributed by atoms with Gasteiger partial charge in [-0.1, -0.05) is 6.07 Å². The standard InChI is InChI=1S/C8H8N2O2S/c11-7-5-10(8(12)9-7)4-6-2-1-3-13-6/h1-3H,4-5H2,(H,9,11,12). The number of amides is 3. The highest BCUT2D eigenvalue weighted by Crippen LogP contribution is 2.13. The second kappa shape index (κ2) is 3.18. The normalized spacial score (nSPS) is 16.5. The number of thiophene rings is 1. The molecule has 2 heterocycles. The number of urea groups is 1. The maximum Gasteiger partial charge on any atom is 0.324 e. The summed E-state index contributed by atoms with van der Waals surface area (Å²) in [4.78, 5) is 24.5. The van der Waals surface area contributed by atoms with Crippen molar-refractivity contribution in [3.8, 4) is 0 Å². The minimum Gasteiger partial charge on any atom is -0.310 e. The van der Waals surface area contributed by atoms with Crippen LogP contribution in [-0.2, 0) is 11.3 Å². The molecule has 0 bridgehead atoms. The van der Waals surface area contributed by atoms with E-state index in [1.165, 1.54) is 4.90 Å². The summed E-state index contributed by atoms with van der Waals surface area (Å²) in [5, 5.41) is 4.18. The first-order valence-electron chi connectivity index (χ1n) is 3.87. The highest BCUT2D eigenvalue weighted by molar-refractivity contribution is 7.09. The van der Waals surface area contributed by atoms with Gasteiger partial charge < -0.3 is 4.90 Å². The minimum atomic E-state index is -0.293. The van der Waals surface area contributed by atoms with Gasteiger partial charge in [-0.05, 0) is 11.4 Å². The number of nitrogens with one attached hydrogen (secondary N) is 1. The first kappa shape index (κ1) is 8.25. The fourth-order valence-corrected chi connectivity index (χ4v) is 1.92. The zero-order chi connectivity index (χ0) is 9.26. The van der Waals surface area contributed by atoms with Gasteiger partial charge in [-0.15, -0.1) is 11.3 Å². The van der Waals surface area contributed by atoms with Crippen LogP contribution in [0.1, 0.15) is 4.88 Å². The van der Waals surface area contributed by atoms with Gasteiger partial charge >= 0.3 is 6.03 Å². The summed E-state index contributed by atoms with van der Waals surface area (Å²) in [6, 6.07) is 3.58. The number of rotatable bonds is 2. The average molecular weight is 196 g/mol. The van der Waals surface area contributed by atoms with Gasteiger partial charge in [-0.25, -0.2) is 4.79 Å². The molecule has 3 amide bonds. The number of nitrogens with zero attached hydrogens (tertiary/aromatic N) is 1. The summed E-state index contributed by atoms with van der Waals surface area (Å²) in [5.41, 5.74) is 0. The third-order valence-electron chi connectivity index (χ3n) is 1.79. The van der Waals surface area contributed by atoms with Crippen molar-refractivity contribution in [1.29, 1.82) is 0 Å². The molecule has 0 saturated carbocycles. The maximum absolute atomic E-state index is 11.1. The molecular formula is C8H8N2O2S. The lowest BCUT2D eigenvalue weighted by Gasteiger charge is -2.10. The van der Waals surface area contributed by atoms with E-state index in [2.05, 4.69) is 5.32 Å². The largest absolute Gasteiger partial charge is 0.324 e. The van der Waals surface area contributed by atoms with Crippen molar-refractivity contribution in [3.05, 3.63) is 22.4 Å². The SMILES string of the molecule is O=C1CN(Cc2cccs2)C(=O)N1. The van der Waals surface area contributed by atoms with Crippen LogP contribution < -0.4 is 5.32 Å². The van der Waals surface area contributed by atoms with Crippen LogP contribution in [0.25, 0.3) is 0 Å². The zero-order valence-corrected chi connectivity index (χ0v) is 7.63. The highest BCUT2D eigenvalue weighted by Gasteiger charge is 2.26. The summed E-state index contributed by atoms with van der Waals surface area (Å²) >= 11 is 1.58. The van der Waals surface area contributed by atoms with Crippen LogP contribution in [0.15, 0.2) is 17.5 Å². The van der Waals surface area contributed by atoms with Crippen molar-refractivity contribution in [2.45, 2.75) is 6.54 Å². The van der Waals surface area contributed by atoms with E-state index in [4.69, 9.17) is 0 Å². The molecule has 2 rings (SSSR count). The molecule has 1 aliphatic heterocycles. The van der Waals surface area contributed by atoms with E-state index >= 15 is 0 Å². The lowest BCUT2D eigenvalue weighted by atomic mass is 10.4. The van der Waals surface area contributed by atoms with E-state index in [0.717, 1.165) is 4.88 Å². The third-order valence-corrected chi connectivity index (χ3v) is 2.66. The number of hydrogen-bond donors (Lipinski definition) is 1. The second-order valence-electron chi connectivity index (χ2n) is 2.79. The van der Waals surface area contributed by atoms with Gasteiger partial charge in [0, 0.05) is 4.88 Å². The molecule has 4 nitrogen and oxygen atoms in total. The van der Waals surface area contributed by atoms with Crippen molar-refractivity contribution < 1.29 is 9.59 Å². The predicted octanol–water partition coefficient (Wildman–Crippen LogP) is 0.800. The molecule has 0 radical (unpaired) electrons. The van der Waals surface area contributed by atoms with Crippen LogP contribution in [0.3, 0.4) is 0 Å². The first-order chi connectivity index (χ1) is 6.25. The molecule has 1 saturated heterocycles. The van der Waals surface area contributed by atoms with Crippen LogP contribution in [-0.4, -0.2) is 23.4 Å². The van der Waals surface area contributed by atoms with Crippen molar-refractivity contribution >= 4 is 23.3 Å². The monoisotopic (exact) mass is 196 g/mol. The lowest BCUT2D eigenvalue weighted by molar-refractivity contribution is -0.118. The third kappa shape index (κ3) is 1.70. The predicted molar refractivity (Wildman–Crippen MR) is 48.3 cm³/mol. The van der Waals surface area contributed by atoms with Gasteiger partial charge in [-0.3, -0.25) is 10.1 Å². The van der Waals surface area contributed by atoms with Crippen molar-refractivity contribution in [2.75, 3.05) is 6.54 Å². The van der Waals surface area contributed by atoms with Gasteiger partial charge in [0.1, 0.15) is 6.54 Å². The van der Waals surface area contributed by atoms with E-state index in [-0.39, 0.29) is 18.5 Å². The molecule has 0 aromatic carbocycles. The maximum atomic E-state index is 11.1. The fraction of sp³-hybridized carbons (Fsp3) is 0.250. The smallest absolute Gasteiger partial charge is 0.310 e. The Hall–Kier alpha value is -1.36. The van der Waals surface area contributed by atoms with Crippen molar-refractivity contribution in [3.63, 3.8) is 0 Å². The van der Waals surface area contributed by atoms with Gasteiger partial charge in [0.15, 0.2) is 0 Å². The second-order valence-corrected chi connectivity index (χ2v) is 3.82. The zero-order valence-electron chi connectivity index (χ0n) is 6.82. The van der Waals surface area contributed by atoms with Gasteiger partial charge in [0.25, 0.3) is 0 Å². The Morgan fingerprint density at radius 3 is 2.92 bits per heavy atom. The Balaban J connectivity index is 2.03. The molecule has 1 aromatic heterocycles. The van der Waals surface area contributed by atoms with Gasteiger partial charge in [-0.2, -0.15) is 0 Å². The molecule has 5 heteroatoms. The highest BCUT2D eigenvalue weighted by atomic mass is 32.1. The number of carbonyl (C=O) groups is 2. The average Bonchev–Trinajstić information content (AvgIpc) is 2.63. The molecule has 0 spiro atoms. The van der Waals surface area contributed by atoms with Gasteiger partial charge in [0.05, 0.1) is 6.54 Å². The van der Waals surface area contributed by atoms with Crippen LogP contribution >= 0.6 is 11.3 Å². The summed E-state index contributed by atoms with van der Waals surface area (Å²) in [7, 11) is 0. The molecule has 0 atom stereocenters. The Labute approximate surface area is 79.2 Å². The molecule has 13 heavy (non-hydrogen) atoms. The Morgan fingerprint density at radius 2 is 2.38 bits per heavy atom. The summed E-state index contributed by atoms with van der Waals surface area (Å²) in [5.74, 6) is -0.221. The fourth-order valence-electron chi connectivity index (χ4n) is 1.20. The van der Waals surface area contributed by atoms with E-state index in [0.29, 0.717) is 6.54 Å². The quantitative estimate of drug-likeness (QED) is 0.711. The van der Waals surface area contributed by atoms with E-state index in [1.807, 2.05) is 17.5 Å². The Bertz CT molecular complexity index is 334. The van der Waals surface area contributed by atoms with E-state index in [1.54, 1.807) is 11.3 Å². The lowest BCUT2D eigenvalue weighted by Crippen LogP contribution is -2.27. The minimum absolute atomic E-state index is 0.177. The number of hydrogen-bond acceptors (Lipinski definition) is 3. The molecule has 0 unspecified atom stereocenters. The van der Waals surface area contributed by atoms with Crippen LogP contribution in [0.4, 0.5) is 4.79 Å². The van der Waals surface area contributed by atoms with Crippen LogP contribution in [0.2, 0.25) is 0 Å². The summed E-state index contributed by atoms with van der Waals surface area (Å²) < 4.78 is 0. The number of carbonyl (C=O) groups excluding carboxylic acids is 2. The summed E-state index contributed by atoms with van der Waals surface area (Å²) in [6.07, 6.45) is 0. The summed E-state index contributed by atoms with van der Waals surface area (Å²) in [6.45, 7) is 0.700. The topological polar surface area (TPSA) is 49.4 Å². The van der Waals surface area contributed by atoms with E-state index < -0.39 is 0 Å². The molecular weight excluding hydrogens is 188 g/mol. The van der Waals surface area contributed by atoms with Crippen LogP contribution in [0, 0.1) is 0 Å². The first-order valence-corrected chi connectivity index (χ1v) is 4.75. The molecule has 0 aliphatic carbocycles. The Morgan fingerprint density at radius 1 is 1.54 bits per heavy atom. The van der Waals surface area contributed by atoms with E-state index in [9.17, 15) is 9.59 Å². The Kier molecular flexibility index (Phi) is 2.02. The molecule has 68 valence electrons. The van der Waals surface area contributed by atoms with Crippen molar-refractivity contribution in [2.24, 2.45) is 0 Å². The van der Waals surface area contributed by atoms with Gasteiger partial charge in [0.2, 0.25) is 5.91 Å². The molecule has 1 aromatic rings. The van der Waals surface area contributed by atoms with Crippen LogP contribution in [0.5, 0.6) is 0 Å².